The minimum Gasteiger partial charge on any atom is -0.465 e. The van der Waals surface area contributed by atoms with E-state index < -0.39 is 24.3 Å². The molecule has 0 bridgehead atoms. The fraction of sp³-hybridized carbons (Fsp3) is 0.429. The molecule has 4 rings (SSSR count). The van der Waals surface area contributed by atoms with Gasteiger partial charge in [-0.3, -0.25) is 14.6 Å². The Hall–Kier alpha value is -3.35. The highest BCUT2D eigenvalue weighted by molar-refractivity contribution is 6.30. The molecule has 2 aliphatic rings. The van der Waals surface area contributed by atoms with E-state index in [0.29, 0.717) is 36.1 Å². The smallest absolute Gasteiger partial charge is 0.412 e. The maximum Gasteiger partial charge on any atom is 0.412 e. The number of hydrogen-bond donors (Lipinski definition) is 1. The summed E-state index contributed by atoms with van der Waals surface area (Å²) in [5.74, 6) is -0.121. The van der Waals surface area contributed by atoms with Crippen molar-refractivity contribution in [3.63, 3.8) is 0 Å². The molecular weight excluding hydrogens is 468 g/mol. The second-order valence-corrected chi connectivity index (χ2v) is 8.04. The standard InChI is InChI=1S/C17H17ClN6O3.C4H8O3/c1-22-6-8-23(9-7-22)17(26)27-16-14-13(19-4-5-20-14)15(25)24(16)12-3-2-11(18)10-21-12;1-4(6)2-7-3-5/h2-5,10,16H,6-9H2,1H3;3-4,6H,2H2,1H3/t;4-/m.1/s1. The van der Waals surface area contributed by atoms with E-state index >= 15 is 0 Å². The summed E-state index contributed by atoms with van der Waals surface area (Å²) in [5, 5.41) is 8.83. The lowest BCUT2D eigenvalue weighted by Gasteiger charge is -2.33. The highest BCUT2D eigenvalue weighted by Gasteiger charge is 2.44. The summed E-state index contributed by atoms with van der Waals surface area (Å²) in [5.41, 5.74) is 0.437. The molecule has 2 atom stereocenters. The van der Waals surface area contributed by atoms with Gasteiger partial charge in [0.05, 0.1) is 11.1 Å². The molecule has 1 N–H and O–H groups in total. The first-order valence-electron chi connectivity index (χ1n) is 10.4. The van der Waals surface area contributed by atoms with Crippen molar-refractivity contribution in [3.05, 3.63) is 47.1 Å². The molecule has 2 aromatic heterocycles. The van der Waals surface area contributed by atoms with Gasteiger partial charge in [0.25, 0.3) is 12.4 Å². The summed E-state index contributed by atoms with van der Waals surface area (Å²) in [7, 11) is 2.00. The second kappa shape index (κ2) is 11.7. The van der Waals surface area contributed by atoms with Gasteiger partial charge in [0, 0.05) is 44.8 Å². The highest BCUT2D eigenvalue weighted by atomic mass is 35.5. The van der Waals surface area contributed by atoms with E-state index in [-0.39, 0.29) is 12.3 Å². The van der Waals surface area contributed by atoms with E-state index in [1.165, 1.54) is 23.5 Å². The number of likely N-dealkylation sites (N-methyl/N-ethyl adjacent to an activating group) is 1. The molecule has 182 valence electrons. The molecule has 4 heterocycles. The van der Waals surface area contributed by atoms with E-state index in [1.807, 2.05) is 7.05 Å². The number of ether oxygens (including phenoxy) is 2. The summed E-state index contributed by atoms with van der Waals surface area (Å²) in [6.07, 6.45) is 2.23. The number of fused-ring (bicyclic) bond motifs is 1. The van der Waals surface area contributed by atoms with Crippen LogP contribution in [0.2, 0.25) is 5.02 Å². The van der Waals surface area contributed by atoms with Crippen molar-refractivity contribution in [2.45, 2.75) is 19.3 Å². The number of carbonyl (C=O) groups is 3. The van der Waals surface area contributed by atoms with E-state index in [2.05, 4.69) is 24.6 Å². The Morgan fingerprint density at radius 3 is 2.53 bits per heavy atom. The molecule has 1 unspecified atom stereocenters. The monoisotopic (exact) mass is 492 g/mol. The van der Waals surface area contributed by atoms with Crippen LogP contribution >= 0.6 is 11.6 Å². The van der Waals surface area contributed by atoms with Crippen molar-refractivity contribution >= 4 is 35.9 Å². The van der Waals surface area contributed by atoms with Crippen molar-refractivity contribution in [1.82, 2.24) is 24.8 Å². The topological polar surface area (TPSA) is 138 Å². The molecule has 0 spiro atoms. The van der Waals surface area contributed by atoms with Crippen LogP contribution in [-0.2, 0) is 14.3 Å². The first-order valence-corrected chi connectivity index (χ1v) is 10.8. The van der Waals surface area contributed by atoms with Crippen LogP contribution in [-0.4, -0.2) is 94.3 Å². The number of aromatic nitrogens is 3. The molecule has 0 saturated carbocycles. The van der Waals surface area contributed by atoms with Gasteiger partial charge in [-0.05, 0) is 26.1 Å². The van der Waals surface area contributed by atoms with Gasteiger partial charge in [0.1, 0.15) is 18.1 Å². The Bertz CT molecular complexity index is 1000. The van der Waals surface area contributed by atoms with Crippen molar-refractivity contribution in [3.8, 4) is 0 Å². The largest absolute Gasteiger partial charge is 0.465 e. The second-order valence-electron chi connectivity index (χ2n) is 7.60. The van der Waals surface area contributed by atoms with E-state index in [0.717, 1.165) is 13.1 Å². The Kier molecular flexibility index (Phi) is 8.68. The number of piperazine rings is 1. The third kappa shape index (κ3) is 6.16. The third-order valence-corrected chi connectivity index (χ3v) is 5.18. The van der Waals surface area contributed by atoms with Crippen LogP contribution in [0.4, 0.5) is 10.6 Å². The number of anilines is 1. The van der Waals surface area contributed by atoms with Crippen LogP contribution in [0.5, 0.6) is 0 Å². The number of aliphatic hydroxyl groups is 1. The predicted octanol–water partition coefficient (Wildman–Crippen LogP) is 1.11. The van der Waals surface area contributed by atoms with Gasteiger partial charge < -0.3 is 24.4 Å². The predicted molar refractivity (Wildman–Crippen MR) is 120 cm³/mol. The summed E-state index contributed by atoms with van der Waals surface area (Å²) >= 11 is 5.89. The lowest BCUT2D eigenvalue weighted by Crippen LogP contribution is -2.48. The summed E-state index contributed by atoms with van der Waals surface area (Å²) < 4.78 is 9.84. The number of amides is 2. The summed E-state index contributed by atoms with van der Waals surface area (Å²) in [6, 6.07) is 3.20. The average Bonchev–Trinajstić information content (AvgIpc) is 3.10. The van der Waals surface area contributed by atoms with Crippen molar-refractivity contribution in [2.24, 2.45) is 0 Å². The van der Waals surface area contributed by atoms with Crippen molar-refractivity contribution < 1.29 is 29.0 Å². The van der Waals surface area contributed by atoms with Crippen molar-refractivity contribution in [2.75, 3.05) is 44.7 Å². The number of halogens is 1. The van der Waals surface area contributed by atoms with E-state index in [9.17, 15) is 14.4 Å². The number of nitrogens with zero attached hydrogens (tertiary/aromatic N) is 6. The zero-order valence-corrected chi connectivity index (χ0v) is 19.5. The van der Waals surface area contributed by atoms with Gasteiger partial charge >= 0.3 is 6.09 Å². The zero-order chi connectivity index (χ0) is 24.7. The molecule has 34 heavy (non-hydrogen) atoms. The lowest BCUT2D eigenvalue weighted by molar-refractivity contribution is -0.131. The minimum atomic E-state index is -1.03. The fourth-order valence-electron chi connectivity index (χ4n) is 3.22. The summed E-state index contributed by atoms with van der Waals surface area (Å²) in [6.45, 7) is 4.58. The molecule has 13 heteroatoms. The number of carbonyl (C=O) groups excluding carboxylic acids is 3. The Labute approximate surface area is 201 Å². The fourth-order valence-corrected chi connectivity index (χ4v) is 3.33. The van der Waals surface area contributed by atoms with Gasteiger partial charge in [0.15, 0.2) is 5.69 Å². The molecule has 0 aliphatic carbocycles. The first-order chi connectivity index (χ1) is 16.3. The molecule has 0 aromatic carbocycles. The number of hydrogen-bond acceptors (Lipinski definition) is 10. The first kappa shape index (κ1) is 25.3. The van der Waals surface area contributed by atoms with Crippen LogP contribution in [0.25, 0.3) is 0 Å². The Balaban J connectivity index is 0.000000406. The molecule has 1 fully saturated rings. The number of pyridine rings is 1. The maximum absolute atomic E-state index is 12.8. The minimum absolute atomic E-state index is 0.0868. The molecule has 1 saturated heterocycles. The lowest BCUT2D eigenvalue weighted by atomic mass is 10.3. The van der Waals surface area contributed by atoms with Crippen LogP contribution < -0.4 is 4.90 Å². The quantitative estimate of drug-likeness (QED) is 0.604. The van der Waals surface area contributed by atoms with E-state index in [1.54, 1.807) is 24.0 Å². The maximum atomic E-state index is 12.8. The zero-order valence-electron chi connectivity index (χ0n) is 18.7. The molecule has 12 nitrogen and oxygen atoms in total. The summed E-state index contributed by atoms with van der Waals surface area (Å²) in [4.78, 5) is 52.4. The van der Waals surface area contributed by atoms with E-state index in [4.69, 9.17) is 21.4 Å². The van der Waals surface area contributed by atoms with Crippen molar-refractivity contribution in [1.29, 1.82) is 0 Å². The average molecular weight is 493 g/mol. The third-order valence-electron chi connectivity index (χ3n) is 4.95. The van der Waals surface area contributed by atoms with Crippen LogP contribution in [0.1, 0.15) is 29.3 Å². The van der Waals surface area contributed by atoms with Crippen LogP contribution in [0.3, 0.4) is 0 Å². The van der Waals surface area contributed by atoms with Gasteiger partial charge in [-0.2, -0.15) is 0 Å². The van der Waals surface area contributed by atoms with Gasteiger partial charge in [0.2, 0.25) is 6.23 Å². The molecule has 2 aromatic rings. The highest BCUT2D eigenvalue weighted by Crippen LogP contribution is 2.35. The normalized spacial score (nSPS) is 18.5. The number of aliphatic hydroxyl groups excluding tert-OH is 1. The van der Waals surface area contributed by atoms with Gasteiger partial charge in [-0.1, -0.05) is 11.6 Å². The molecular formula is C21H25ClN6O6. The Morgan fingerprint density at radius 2 is 1.94 bits per heavy atom. The number of rotatable bonds is 5. The Morgan fingerprint density at radius 1 is 1.24 bits per heavy atom. The van der Waals surface area contributed by atoms with Gasteiger partial charge in [-0.25, -0.2) is 19.7 Å². The molecule has 2 aliphatic heterocycles. The molecule has 0 radical (unpaired) electrons. The van der Waals surface area contributed by atoms with Crippen LogP contribution in [0, 0.1) is 0 Å². The molecule has 2 amide bonds. The van der Waals surface area contributed by atoms with Gasteiger partial charge in [-0.15, -0.1) is 0 Å². The SMILES string of the molecule is CN1CCN(C(=O)OC2c3nccnc3C(=O)N2c2ccc(Cl)cn2)CC1.C[C@@H](O)COC=O. The van der Waals surface area contributed by atoms with Crippen LogP contribution in [0.15, 0.2) is 30.7 Å².